The molecule has 0 bridgehead atoms. The summed E-state index contributed by atoms with van der Waals surface area (Å²) in [7, 11) is 0. The summed E-state index contributed by atoms with van der Waals surface area (Å²) < 4.78 is 0. The highest BCUT2D eigenvalue weighted by atomic mass is 32.1. The molecule has 1 aromatic heterocycles. The van der Waals surface area contributed by atoms with Gasteiger partial charge in [0, 0.05) is 31.6 Å². The highest BCUT2D eigenvalue weighted by Crippen LogP contribution is 2.21. The molecule has 1 aromatic rings. The van der Waals surface area contributed by atoms with Crippen molar-refractivity contribution in [2.75, 3.05) is 37.6 Å². The second-order valence-corrected chi connectivity index (χ2v) is 6.07. The van der Waals surface area contributed by atoms with Crippen molar-refractivity contribution in [3.63, 3.8) is 0 Å². The molecule has 19 heavy (non-hydrogen) atoms. The quantitative estimate of drug-likeness (QED) is 0.872. The fourth-order valence-electron chi connectivity index (χ4n) is 2.72. The monoisotopic (exact) mass is 280 g/mol. The van der Waals surface area contributed by atoms with Crippen molar-refractivity contribution in [1.82, 2.24) is 15.2 Å². The summed E-state index contributed by atoms with van der Waals surface area (Å²) in [5.74, 6) is 0.285. The zero-order chi connectivity index (χ0) is 13.2. The van der Waals surface area contributed by atoms with Gasteiger partial charge in [-0.05, 0) is 26.3 Å². The maximum absolute atomic E-state index is 12.3. The summed E-state index contributed by atoms with van der Waals surface area (Å²) >= 11 is 1.69. The fourth-order valence-corrected chi connectivity index (χ4v) is 3.58. The van der Waals surface area contributed by atoms with E-state index in [1.54, 1.807) is 11.3 Å². The number of anilines is 1. The Morgan fingerprint density at radius 1 is 1.42 bits per heavy atom. The Labute approximate surface area is 117 Å². The van der Waals surface area contributed by atoms with E-state index in [-0.39, 0.29) is 11.9 Å². The van der Waals surface area contributed by atoms with E-state index in [0.717, 1.165) is 56.4 Å². The van der Waals surface area contributed by atoms with Crippen LogP contribution < -0.4 is 10.2 Å². The van der Waals surface area contributed by atoms with Gasteiger partial charge >= 0.3 is 0 Å². The molecule has 0 radical (unpaired) electrons. The van der Waals surface area contributed by atoms with Gasteiger partial charge in [-0.2, -0.15) is 0 Å². The summed E-state index contributed by atoms with van der Waals surface area (Å²) in [5.41, 5.74) is 1.08. The molecule has 3 rings (SSSR count). The molecule has 2 saturated heterocycles. The van der Waals surface area contributed by atoms with Gasteiger partial charge in [-0.3, -0.25) is 4.79 Å². The first-order valence-electron chi connectivity index (χ1n) is 6.93. The first-order valence-corrected chi connectivity index (χ1v) is 7.81. The molecule has 3 heterocycles. The molecule has 104 valence electrons. The van der Waals surface area contributed by atoms with Crippen LogP contribution in [0.2, 0.25) is 0 Å². The topological polar surface area (TPSA) is 48.5 Å². The molecule has 1 amide bonds. The first-order chi connectivity index (χ1) is 9.24. The van der Waals surface area contributed by atoms with Crippen molar-refractivity contribution >= 4 is 22.4 Å². The fraction of sp³-hybridized carbons (Fsp3) is 0.692. The van der Waals surface area contributed by atoms with Crippen LogP contribution in [0.4, 0.5) is 5.13 Å². The Morgan fingerprint density at radius 2 is 2.21 bits per heavy atom. The van der Waals surface area contributed by atoms with Gasteiger partial charge in [0.05, 0.1) is 11.7 Å². The summed E-state index contributed by atoms with van der Waals surface area (Å²) in [6.07, 6.45) is 2.11. The second-order valence-electron chi connectivity index (χ2n) is 5.23. The van der Waals surface area contributed by atoms with Gasteiger partial charge in [0.25, 0.3) is 0 Å². The average Bonchev–Trinajstić information content (AvgIpc) is 3.09. The van der Waals surface area contributed by atoms with E-state index < -0.39 is 0 Å². The van der Waals surface area contributed by atoms with Crippen LogP contribution in [0.25, 0.3) is 0 Å². The van der Waals surface area contributed by atoms with Gasteiger partial charge in [-0.25, -0.2) is 4.98 Å². The zero-order valence-corrected chi connectivity index (χ0v) is 12.1. The molecule has 2 aliphatic rings. The number of aryl methyl sites for hydroxylation is 1. The Kier molecular flexibility index (Phi) is 3.70. The van der Waals surface area contributed by atoms with Crippen LogP contribution in [0.3, 0.4) is 0 Å². The van der Waals surface area contributed by atoms with E-state index >= 15 is 0 Å². The molecule has 5 nitrogen and oxygen atoms in total. The molecule has 1 unspecified atom stereocenters. The Bertz CT molecular complexity index is 447. The van der Waals surface area contributed by atoms with Crippen LogP contribution in [0, 0.1) is 6.92 Å². The molecule has 0 aromatic carbocycles. The van der Waals surface area contributed by atoms with E-state index in [1.807, 2.05) is 11.8 Å². The van der Waals surface area contributed by atoms with E-state index in [2.05, 4.69) is 20.6 Å². The number of carbonyl (C=O) groups is 1. The number of hydrogen-bond acceptors (Lipinski definition) is 5. The van der Waals surface area contributed by atoms with Crippen LogP contribution in [-0.4, -0.2) is 54.6 Å². The predicted molar refractivity (Wildman–Crippen MR) is 76.7 cm³/mol. The number of nitrogens with zero attached hydrogens (tertiary/aromatic N) is 3. The molecule has 0 saturated carbocycles. The predicted octanol–water partition coefficient (Wildman–Crippen LogP) is 0.852. The smallest absolute Gasteiger partial charge is 0.239 e. The highest BCUT2D eigenvalue weighted by Gasteiger charge is 2.29. The summed E-state index contributed by atoms with van der Waals surface area (Å²) in [6.45, 7) is 6.42. The highest BCUT2D eigenvalue weighted by molar-refractivity contribution is 7.13. The number of hydrogen-bond donors (Lipinski definition) is 1. The van der Waals surface area contributed by atoms with Crippen molar-refractivity contribution in [2.45, 2.75) is 25.8 Å². The Hall–Kier alpha value is -1.14. The SMILES string of the molecule is Cc1csc(N2CCN(C(=O)C3CCCN3)CC2)n1. The maximum atomic E-state index is 12.3. The first kappa shape index (κ1) is 12.9. The number of aromatic nitrogens is 1. The summed E-state index contributed by atoms with van der Waals surface area (Å²) in [5, 5.41) is 6.45. The minimum absolute atomic E-state index is 0.0636. The van der Waals surface area contributed by atoms with Crippen LogP contribution in [-0.2, 0) is 4.79 Å². The third-order valence-electron chi connectivity index (χ3n) is 3.83. The molecular weight excluding hydrogens is 260 g/mol. The second kappa shape index (κ2) is 5.46. The van der Waals surface area contributed by atoms with Gasteiger partial charge < -0.3 is 15.1 Å². The molecule has 2 aliphatic heterocycles. The number of nitrogens with one attached hydrogen (secondary N) is 1. The number of rotatable bonds is 2. The lowest BCUT2D eigenvalue weighted by atomic mass is 10.2. The van der Waals surface area contributed by atoms with Crippen molar-refractivity contribution in [3.8, 4) is 0 Å². The lowest BCUT2D eigenvalue weighted by molar-refractivity contribution is -0.133. The Morgan fingerprint density at radius 3 is 2.79 bits per heavy atom. The maximum Gasteiger partial charge on any atom is 0.239 e. The van der Waals surface area contributed by atoms with Crippen LogP contribution in [0.15, 0.2) is 5.38 Å². The largest absolute Gasteiger partial charge is 0.345 e. The van der Waals surface area contributed by atoms with Crippen molar-refractivity contribution in [1.29, 1.82) is 0 Å². The average molecular weight is 280 g/mol. The van der Waals surface area contributed by atoms with Crippen LogP contribution in [0.5, 0.6) is 0 Å². The number of carbonyl (C=O) groups excluding carboxylic acids is 1. The minimum Gasteiger partial charge on any atom is -0.345 e. The molecule has 0 aliphatic carbocycles. The van der Waals surface area contributed by atoms with Crippen LogP contribution in [0.1, 0.15) is 18.5 Å². The van der Waals surface area contributed by atoms with Gasteiger partial charge in [0.2, 0.25) is 5.91 Å². The summed E-state index contributed by atoms with van der Waals surface area (Å²) in [6, 6.07) is 0.0636. The van der Waals surface area contributed by atoms with Gasteiger partial charge in [-0.1, -0.05) is 0 Å². The van der Waals surface area contributed by atoms with E-state index in [4.69, 9.17) is 0 Å². The van der Waals surface area contributed by atoms with Gasteiger partial charge in [0.15, 0.2) is 5.13 Å². The minimum atomic E-state index is 0.0636. The van der Waals surface area contributed by atoms with E-state index in [0.29, 0.717) is 0 Å². The van der Waals surface area contributed by atoms with Crippen molar-refractivity contribution < 1.29 is 4.79 Å². The van der Waals surface area contributed by atoms with Crippen LogP contribution >= 0.6 is 11.3 Å². The zero-order valence-electron chi connectivity index (χ0n) is 11.3. The number of amides is 1. The Balaban J connectivity index is 1.55. The third kappa shape index (κ3) is 2.74. The molecule has 6 heteroatoms. The van der Waals surface area contributed by atoms with Gasteiger partial charge in [-0.15, -0.1) is 11.3 Å². The lowest BCUT2D eigenvalue weighted by Crippen LogP contribution is -2.53. The third-order valence-corrected chi connectivity index (χ3v) is 4.85. The van der Waals surface area contributed by atoms with E-state index in [1.165, 1.54) is 0 Å². The molecule has 1 N–H and O–H groups in total. The lowest BCUT2D eigenvalue weighted by Gasteiger charge is -2.35. The van der Waals surface area contributed by atoms with E-state index in [9.17, 15) is 4.79 Å². The number of thiazole rings is 1. The molecular formula is C13H20N4OS. The van der Waals surface area contributed by atoms with Gasteiger partial charge in [0.1, 0.15) is 0 Å². The molecule has 0 spiro atoms. The standard InChI is InChI=1S/C13H20N4OS/c1-10-9-19-13(15-10)17-7-5-16(6-8-17)12(18)11-3-2-4-14-11/h9,11,14H,2-8H2,1H3. The normalized spacial score (nSPS) is 23.9. The van der Waals surface area contributed by atoms with Crippen molar-refractivity contribution in [2.24, 2.45) is 0 Å². The molecule has 1 atom stereocenters. The number of piperazine rings is 1. The molecule has 2 fully saturated rings. The summed E-state index contributed by atoms with van der Waals surface area (Å²) in [4.78, 5) is 21.1. The van der Waals surface area contributed by atoms with Crippen molar-refractivity contribution in [3.05, 3.63) is 11.1 Å².